The zero-order chi connectivity index (χ0) is 22.2. The molecule has 4 rings (SSSR count). The van der Waals surface area contributed by atoms with E-state index in [1.54, 1.807) is 30.3 Å². The molecule has 0 heterocycles. The van der Waals surface area contributed by atoms with Crippen LogP contribution in [-0.2, 0) is 21.2 Å². The summed E-state index contributed by atoms with van der Waals surface area (Å²) in [6.45, 7) is 1.97. The molecular weight excluding hydrogens is 455 g/mol. The van der Waals surface area contributed by atoms with Crippen molar-refractivity contribution >= 4 is 44.8 Å². The highest BCUT2D eigenvalue weighted by Gasteiger charge is 2.42. The summed E-state index contributed by atoms with van der Waals surface area (Å²) in [6, 6.07) is 11.1. The zero-order valence-electron chi connectivity index (χ0n) is 17.3. The van der Waals surface area contributed by atoms with E-state index in [2.05, 4.69) is 10.0 Å². The molecule has 8 heteroatoms. The van der Waals surface area contributed by atoms with Crippen molar-refractivity contribution in [1.29, 1.82) is 0 Å². The second-order valence-corrected chi connectivity index (χ2v) is 11.3. The third-order valence-electron chi connectivity index (χ3n) is 6.59. The van der Waals surface area contributed by atoms with Gasteiger partial charge in [-0.1, -0.05) is 35.7 Å². The Morgan fingerprint density at radius 2 is 1.84 bits per heavy atom. The first-order valence-corrected chi connectivity index (χ1v) is 12.8. The molecule has 0 aromatic heterocycles. The summed E-state index contributed by atoms with van der Waals surface area (Å²) in [5, 5.41) is 3.71. The molecule has 2 aliphatic carbocycles. The monoisotopic (exact) mass is 480 g/mol. The van der Waals surface area contributed by atoms with Gasteiger partial charge in [0.15, 0.2) is 0 Å². The molecule has 0 unspecified atom stereocenters. The van der Waals surface area contributed by atoms with Crippen LogP contribution in [0.3, 0.4) is 0 Å². The molecule has 1 amide bonds. The summed E-state index contributed by atoms with van der Waals surface area (Å²) < 4.78 is 28.5. The number of sulfonamides is 1. The number of hydrogen-bond donors (Lipinski definition) is 2. The first-order valence-electron chi connectivity index (χ1n) is 10.6. The molecule has 31 heavy (non-hydrogen) atoms. The largest absolute Gasteiger partial charge is 0.326 e. The highest BCUT2D eigenvalue weighted by Crippen LogP contribution is 2.49. The van der Waals surface area contributed by atoms with E-state index in [0.717, 1.165) is 12.3 Å². The summed E-state index contributed by atoms with van der Waals surface area (Å²) in [5.41, 5.74) is 1.19. The van der Waals surface area contributed by atoms with Gasteiger partial charge in [0.25, 0.3) is 0 Å². The summed E-state index contributed by atoms with van der Waals surface area (Å²) in [5.74, 6) is 1.59. The Balaban J connectivity index is 1.36. The maximum absolute atomic E-state index is 12.8. The third-order valence-corrected chi connectivity index (χ3v) is 8.75. The zero-order valence-corrected chi connectivity index (χ0v) is 19.6. The Kier molecular flexibility index (Phi) is 6.63. The maximum Gasteiger partial charge on any atom is 0.240 e. The van der Waals surface area contributed by atoms with Crippen LogP contribution < -0.4 is 10.0 Å². The number of amides is 1. The highest BCUT2D eigenvalue weighted by atomic mass is 35.5. The number of anilines is 1. The lowest BCUT2D eigenvalue weighted by Gasteiger charge is -2.28. The van der Waals surface area contributed by atoms with Gasteiger partial charge in [-0.05, 0) is 85.9 Å². The summed E-state index contributed by atoms with van der Waals surface area (Å²) >= 11 is 12.0. The van der Waals surface area contributed by atoms with Crippen molar-refractivity contribution in [2.24, 2.45) is 17.8 Å². The van der Waals surface area contributed by atoms with E-state index in [1.165, 1.54) is 31.4 Å². The van der Waals surface area contributed by atoms with Gasteiger partial charge in [-0.3, -0.25) is 4.79 Å². The lowest BCUT2D eigenvalue weighted by molar-refractivity contribution is -0.115. The van der Waals surface area contributed by atoms with Crippen LogP contribution in [0, 0.1) is 17.8 Å². The molecule has 2 N–H and O–H groups in total. The number of carbonyl (C=O) groups is 1. The second kappa shape index (κ2) is 9.10. The first kappa shape index (κ1) is 22.6. The average molecular weight is 481 g/mol. The standard InChI is InChI=1S/C23H26Cl2N2O3S/c1-14(21-11-15-2-3-16(21)10-15)27-31(29,30)20-8-6-19(7-9-20)26-23(28)12-17-4-5-18(24)13-22(17)25/h4-9,13-16,21,27H,2-3,10-12H2,1H3,(H,26,28)/t14-,15+,16+,21-/m0/s1. The van der Waals surface area contributed by atoms with Crippen molar-refractivity contribution in [3.63, 3.8) is 0 Å². The van der Waals surface area contributed by atoms with E-state index in [1.807, 2.05) is 6.92 Å². The quantitative estimate of drug-likeness (QED) is 0.565. The smallest absolute Gasteiger partial charge is 0.240 e. The minimum absolute atomic E-state index is 0.0798. The van der Waals surface area contributed by atoms with Crippen LogP contribution in [0.25, 0.3) is 0 Å². The Labute approximate surface area is 193 Å². The van der Waals surface area contributed by atoms with Crippen LogP contribution in [0.2, 0.25) is 10.0 Å². The highest BCUT2D eigenvalue weighted by molar-refractivity contribution is 7.89. The van der Waals surface area contributed by atoms with Gasteiger partial charge in [0.1, 0.15) is 0 Å². The van der Waals surface area contributed by atoms with Crippen LogP contribution in [0.1, 0.15) is 38.2 Å². The number of rotatable bonds is 7. The molecule has 0 radical (unpaired) electrons. The molecular formula is C23H26Cl2N2O3S. The fraction of sp³-hybridized carbons (Fsp3) is 0.435. The van der Waals surface area contributed by atoms with E-state index < -0.39 is 10.0 Å². The Hall–Kier alpha value is -1.60. The Morgan fingerprint density at radius 3 is 2.45 bits per heavy atom. The van der Waals surface area contributed by atoms with Crippen LogP contribution in [0.4, 0.5) is 5.69 Å². The minimum atomic E-state index is -3.61. The number of nitrogens with one attached hydrogen (secondary N) is 2. The minimum Gasteiger partial charge on any atom is -0.326 e. The number of carbonyl (C=O) groups excluding carboxylic acids is 1. The van der Waals surface area contributed by atoms with Crippen LogP contribution in [0.15, 0.2) is 47.4 Å². The molecule has 166 valence electrons. The van der Waals surface area contributed by atoms with E-state index in [0.29, 0.717) is 33.1 Å². The maximum atomic E-state index is 12.8. The van der Waals surface area contributed by atoms with Crippen molar-refractivity contribution in [1.82, 2.24) is 4.72 Å². The van der Waals surface area contributed by atoms with Crippen molar-refractivity contribution < 1.29 is 13.2 Å². The van der Waals surface area contributed by atoms with Gasteiger partial charge in [0.05, 0.1) is 11.3 Å². The van der Waals surface area contributed by atoms with Crippen LogP contribution in [0.5, 0.6) is 0 Å². The summed E-state index contributed by atoms with van der Waals surface area (Å²) in [4.78, 5) is 12.5. The normalized spacial score (nSPS) is 23.6. The number of hydrogen-bond acceptors (Lipinski definition) is 3. The van der Waals surface area contributed by atoms with Crippen molar-refractivity contribution in [2.45, 2.75) is 50.0 Å². The van der Waals surface area contributed by atoms with Gasteiger partial charge in [-0.15, -0.1) is 0 Å². The predicted molar refractivity (Wildman–Crippen MR) is 124 cm³/mol. The van der Waals surface area contributed by atoms with Gasteiger partial charge in [-0.2, -0.15) is 0 Å². The molecule has 2 bridgehead atoms. The van der Waals surface area contributed by atoms with Crippen LogP contribution in [-0.4, -0.2) is 20.4 Å². The molecule has 2 aromatic rings. The molecule has 2 aliphatic rings. The molecule has 4 atom stereocenters. The number of benzene rings is 2. The van der Waals surface area contributed by atoms with Gasteiger partial charge >= 0.3 is 0 Å². The molecule has 2 fully saturated rings. The SMILES string of the molecule is C[C@H](NS(=O)(=O)c1ccc(NC(=O)Cc2ccc(Cl)cc2Cl)cc1)[C@@H]1C[C@@H]2CC[C@@H]1C2. The Bertz CT molecular complexity index is 1070. The van der Waals surface area contributed by atoms with Crippen molar-refractivity contribution in [3.8, 4) is 0 Å². The second-order valence-electron chi connectivity index (χ2n) is 8.73. The van der Waals surface area contributed by atoms with Crippen molar-refractivity contribution in [2.75, 3.05) is 5.32 Å². The molecule has 0 spiro atoms. The lowest BCUT2D eigenvalue weighted by Crippen LogP contribution is -2.40. The predicted octanol–water partition coefficient (Wildman–Crippen LogP) is 5.28. The molecule has 5 nitrogen and oxygen atoms in total. The van der Waals surface area contributed by atoms with E-state index in [-0.39, 0.29) is 23.3 Å². The van der Waals surface area contributed by atoms with Crippen LogP contribution >= 0.6 is 23.2 Å². The van der Waals surface area contributed by atoms with Gasteiger partial charge in [-0.25, -0.2) is 13.1 Å². The lowest BCUT2D eigenvalue weighted by atomic mass is 9.84. The van der Waals surface area contributed by atoms with E-state index in [9.17, 15) is 13.2 Å². The third kappa shape index (κ3) is 5.25. The van der Waals surface area contributed by atoms with Crippen molar-refractivity contribution in [3.05, 3.63) is 58.1 Å². The fourth-order valence-electron chi connectivity index (χ4n) is 5.07. The average Bonchev–Trinajstić information content (AvgIpc) is 3.34. The molecule has 2 aromatic carbocycles. The molecule has 0 aliphatic heterocycles. The number of fused-ring (bicyclic) bond motifs is 2. The molecule has 2 saturated carbocycles. The van der Waals surface area contributed by atoms with Gasteiger partial charge in [0, 0.05) is 21.8 Å². The van der Waals surface area contributed by atoms with E-state index >= 15 is 0 Å². The van der Waals surface area contributed by atoms with Gasteiger partial charge in [0.2, 0.25) is 15.9 Å². The molecule has 0 saturated heterocycles. The fourth-order valence-corrected chi connectivity index (χ4v) is 6.84. The first-order chi connectivity index (χ1) is 14.7. The summed E-state index contributed by atoms with van der Waals surface area (Å²) in [6.07, 6.45) is 4.97. The number of halogens is 2. The Morgan fingerprint density at radius 1 is 1.10 bits per heavy atom. The topological polar surface area (TPSA) is 75.3 Å². The summed E-state index contributed by atoms with van der Waals surface area (Å²) in [7, 11) is -3.61. The van der Waals surface area contributed by atoms with Gasteiger partial charge < -0.3 is 5.32 Å². The van der Waals surface area contributed by atoms with E-state index in [4.69, 9.17) is 23.2 Å².